The summed E-state index contributed by atoms with van der Waals surface area (Å²) in [6, 6.07) is 135. The van der Waals surface area contributed by atoms with Gasteiger partial charge in [0.25, 0.3) is 0 Å². The van der Waals surface area contributed by atoms with Crippen LogP contribution in [-0.2, 0) is 21.7 Å². The van der Waals surface area contributed by atoms with Gasteiger partial charge < -0.3 is 28.1 Å². The van der Waals surface area contributed by atoms with E-state index in [4.69, 9.17) is 24.9 Å². The van der Waals surface area contributed by atoms with Crippen LogP contribution in [0.4, 0.5) is 28.4 Å². The molecule has 123 heavy (non-hydrogen) atoms. The fourth-order valence-electron chi connectivity index (χ4n) is 22.3. The Morgan fingerprint density at radius 2 is 0.732 bits per heavy atom. The van der Waals surface area contributed by atoms with Gasteiger partial charge in [0.2, 0.25) is 0 Å². The summed E-state index contributed by atoms with van der Waals surface area (Å²) in [4.78, 5) is 4.80. The average molecular weight is 1580 g/mol. The molecule has 25 rings (SSSR count). The molecule has 0 bridgehead atoms. The minimum absolute atomic E-state index is 0.209. The SMILES string of the molecule is C=C(/C=C\C1=C(C)C(C)(C)c2cccc(-c3ccccc3)c21)N(c1ccc2c(c1)C1(c3ccccc3O2)c2ccccc2-c2ccccc21)c1cccc2oc3cc(-c4cccc(-c5ccc6c(c5)-c5ccc(N(c7ccc8c(c7)C7(c9ccccc9O8)c8ccccc8-c8ccccc87)c7cccc8oc9ccccc9c78)cc5C6(C)C)c4)ccc3c12. The van der Waals surface area contributed by atoms with E-state index in [0.29, 0.717) is 0 Å². The van der Waals surface area contributed by atoms with Crippen LogP contribution in [0.1, 0.15) is 101 Å². The summed E-state index contributed by atoms with van der Waals surface area (Å²) in [5.41, 5.74) is 38.2. The highest BCUT2D eigenvalue weighted by Gasteiger charge is 2.54. The first-order chi connectivity index (χ1) is 60.3. The minimum atomic E-state index is -0.695. The van der Waals surface area contributed by atoms with Crippen LogP contribution in [-0.4, -0.2) is 0 Å². The molecule has 19 aromatic rings. The Labute approximate surface area is 714 Å². The quantitative estimate of drug-likeness (QED) is 0.120. The van der Waals surface area contributed by atoms with Crippen molar-refractivity contribution in [3.63, 3.8) is 0 Å². The van der Waals surface area contributed by atoms with E-state index in [1.54, 1.807) is 0 Å². The lowest BCUT2D eigenvalue weighted by Crippen LogP contribution is -2.32. The molecule has 6 aliphatic rings. The van der Waals surface area contributed by atoms with Gasteiger partial charge in [-0.25, -0.2) is 0 Å². The summed E-state index contributed by atoms with van der Waals surface area (Å²) >= 11 is 0. The number of fused-ring (bicyclic) bond motifs is 28. The normalized spacial score (nSPS) is 14.9. The molecule has 0 fully saturated rings. The Kier molecular flexibility index (Phi) is 15.0. The molecule has 6 heteroatoms. The van der Waals surface area contributed by atoms with Gasteiger partial charge in [0.15, 0.2) is 0 Å². The molecule has 0 N–H and O–H groups in total. The van der Waals surface area contributed by atoms with Gasteiger partial charge in [-0.2, -0.15) is 0 Å². The van der Waals surface area contributed by atoms with Gasteiger partial charge in [0, 0.05) is 66.6 Å². The lowest BCUT2D eigenvalue weighted by molar-refractivity contribution is 0.436. The van der Waals surface area contributed by atoms with Gasteiger partial charge in [-0.15, -0.1) is 0 Å². The van der Waals surface area contributed by atoms with Gasteiger partial charge in [-0.05, 0) is 245 Å². The van der Waals surface area contributed by atoms with Crippen molar-refractivity contribution in [2.75, 3.05) is 9.80 Å². The first kappa shape index (κ1) is 70.7. The molecule has 17 aromatic carbocycles. The molecular weight excluding hydrogens is 1500 g/mol. The second kappa shape index (κ2) is 26.1. The molecule has 2 aromatic heterocycles. The summed E-state index contributed by atoms with van der Waals surface area (Å²) in [6.07, 6.45) is 4.54. The third-order valence-corrected chi connectivity index (χ3v) is 28.1. The molecule has 6 nitrogen and oxygen atoms in total. The third kappa shape index (κ3) is 9.91. The lowest BCUT2D eigenvalue weighted by Gasteiger charge is -2.40. The molecule has 4 heterocycles. The first-order valence-corrected chi connectivity index (χ1v) is 42.7. The maximum Gasteiger partial charge on any atom is 0.137 e. The molecule has 0 saturated carbocycles. The zero-order valence-corrected chi connectivity index (χ0v) is 68.6. The Bertz CT molecular complexity index is 7800. The molecule has 2 spiro atoms. The van der Waals surface area contributed by atoms with Gasteiger partial charge >= 0.3 is 0 Å². The zero-order valence-electron chi connectivity index (χ0n) is 68.6. The first-order valence-electron chi connectivity index (χ1n) is 42.7. The van der Waals surface area contributed by atoms with Gasteiger partial charge in [0.05, 0.1) is 33.0 Å². The number of nitrogens with zero attached hydrogens (tertiary/aromatic N) is 2. The third-order valence-electron chi connectivity index (χ3n) is 28.1. The van der Waals surface area contributed by atoms with Crippen LogP contribution in [0.3, 0.4) is 0 Å². The van der Waals surface area contributed by atoms with Crippen LogP contribution in [0, 0.1) is 0 Å². The van der Waals surface area contributed by atoms with E-state index in [0.717, 1.165) is 146 Å². The number of ether oxygens (including phenoxy) is 2. The van der Waals surface area contributed by atoms with E-state index in [9.17, 15) is 0 Å². The molecule has 4 aliphatic carbocycles. The Morgan fingerprint density at radius 1 is 0.293 bits per heavy atom. The summed E-state index contributed by atoms with van der Waals surface area (Å²) in [6.45, 7) is 16.9. The van der Waals surface area contributed by atoms with Crippen LogP contribution in [0.25, 0.3) is 116 Å². The van der Waals surface area contributed by atoms with Crippen molar-refractivity contribution >= 4 is 77.9 Å². The van der Waals surface area contributed by atoms with Crippen molar-refractivity contribution in [1.29, 1.82) is 0 Å². The van der Waals surface area contributed by atoms with Crippen molar-refractivity contribution in [2.24, 2.45) is 0 Å². The van der Waals surface area contributed by atoms with Crippen molar-refractivity contribution in [3.8, 4) is 89.8 Å². The largest absolute Gasteiger partial charge is 0.457 e. The summed E-state index contributed by atoms with van der Waals surface area (Å²) in [7, 11) is 0. The standard InChI is InChI=1S/C117H80N2O4/c1-70(52-58-80-71(2)114(3,4)97-44-25-37-81(111(80)97)72-28-8-7-9-29-72)118(77-56-62-106-99(68-77)116(95-42-19-22-48-104(95)121-106)91-38-15-10-32-82(91)83-33-11-16-39-92(83)116)101-45-26-51-109-113(101)88-59-53-76(66-110(88)123-109)74-31-24-30-73(64-74)75-54-61-90-89(65-75)86-60-55-78(67-98(86)115(90,5)6)119(102-46-27-50-108-112(102)87-36-14-21-47-103(87)120-108)79-57-63-107-100(69-79)117(96-43-20-23-49-105(96)122-107)93-40-17-12-34-84(93)85-35-13-18-41-94(85)117/h7-69H,1H2,2-6H3/b58-52-. The Morgan fingerprint density at radius 3 is 1.37 bits per heavy atom. The molecular formula is C117H80N2O4. The highest BCUT2D eigenvalue weighted by Crippen LogP contribution is 2.66. The molecule has 582 valence electrons. The predicted molar refractivity (Wildman–Crippen MR) is 503 cm³/mol. The van der Waals surface area contributed by atoms with Gasteiger partial charge in [-0.1, -0.05) is 301 Å². The van der Waals surface area contributed by atoms with Crippen LogP contribution in [0.15, 0.2) is 409 Å². The molecule has 0 saturated heterocycles. The Hall–Kier alpha value is -15.2. The minimum Gasteiger partial charge on any atom is -0.457 e. The monoisotopic (exact) mass is 1580 g/mol. The number of para-hydroxylation sites is 3. The predicted octanol–water partition coefficient (Wildman–Crippen LogP) is 31.2. The molecule has 0 amide bonds. The molecule has 0 atom stereocenters. The average Bonchev–Trinajstić information content (AvgIpc) is 1.53. The van der Waals surface area contributed by atoms with E-state index < -0.39 is 10.8 Å². The van der Waals surface area contributed by atoms with E-state index in [1.165, 1.54) is 100 Å². The van der Waals surface area contributed by atoms with E-state index in [1.807, 2.05) is 0 Å². The topological polar surface area (TPSA) is 51.2 Å². The summed E-state index contributed by atoms with van der Waals surface area (Å²) in [5.74, 6) is 3.36. The summed E-state index contributed by atoms with van der Waals surface area (Å²) < 4.78 is 28.0. The number of anilines is 5. The zero-order chi connectivity index (χ0) is 81.9. The molecule has 2 aliphatic heterocycles. The second-order valence-electron chi connectivity index (χ2n) is 34.9. The molecule has 0 radical (unpaired) electrons. The van der Waals surface area contributed by atoms with Crippen LogP contribution in [0.5, 0.6) is 23.0 Å². The number of furan rings is 2. The van der Waals surface area contributed by atoms with Crippen molar-refractivity contribution in [1.82, 2.24) is 0 Å². The number of benzene rings is 17. The molecule has 0 unspecified atom stereocenters. The van der Waals surface area contributed by atoms with Crippen molar-refractivity contribution < 1.29 is 18.3 Å². The fourth-order valence-corrected chi connectivity index (χ4v) is 22.3. The van der Waals surface area contributed by atoms with Crippen LogP contribution in [0.2, 0.25) is 0 Å². The second-order valence-corrected chi connectivity index (χ2v) is 34.9. The maximum absolute atomic E-state index is 7.16. The highest BCUT2D eigenvalue weighted by molar-refractivity contribution is 6.15. The lowest BCUT2D eigenvalue weighted by atomic mass is 9.66. The number of rotatable bonds is 11. The highest BCUT2D eigenvalue weighted by atomic mass is 16.5. The van der Waals surface area contributed by atoms with Gasteiger partial charge in [0.1, 0.15) is 45.3 Å². The number of hydrogen-bond acceptors (Lipinski definition) is 6. The smallest absolute Gasteiger partial charge is 0.137 e. The van der Waals surface area contributed by atoms with Gasteiger partial charge in [-0.3, -0.25) is 0 Å². The summed E-state index contributed by atoms with van der Waals surface area (Å²) in [5, 5.41) is 4.10. The Balaban J connectivity index is 0.596. The van der Waals surface area contributed by atoms with E-state index in [-0.39, 0.29) is 10.8 Å². The van der Waals surface area contributed by atoms with E-state index in [2.05, 4.69) is 427 Å². The van der Waals surface area contributed by atoms with E-state index >= 15 is 0 Å². The number of hydrogen-bond donors (Lipinski definition) is 0. The fraction of sp³-hybridized carbons (Fsp3) is 0.0769. The van der Waals surface area contributed by atoms with Crippen LogP contribution >= 0.6 is 0 Å². The number of allylic oxidation sites excluding steroid dienone is 4. The van der Waals surface area contributed by atoms with Crippen molar-refractivity contribution in [2.45, 2.75) is 56.3 Å². The van der Waals surface area contributed by atoms with Crippen molar-refractivity contribution in [3.05, 3.63) is 467 Å². The maximum atomic E-state index is 7.16. The van der Waals surface area contributed by atoms with Crippen LogP contribution < -0.4 is 19.3 Å².